The van der Waals surface area contributed by atoms with Gasteiger partial charge in [-0.3, -0.25) is 0 Å². The number of nitrogens with zero attached hydrogens (tertiary/aromatic N) is 2. The molecule has 0 radical (unpaired) electrons. The summed E-state index contributed by atoms with van der Waals surface area (Å²) in [6.07, 6.45) is -1.37. The van der Waals surface area contributed by atoms with E-state index in [1.165, 1.54) is 18.2 Å². The molecule has 1 aliphatic heterocycles. The van der Waals surface area contributed by atoms with Crippen LogP contribution < -0.4 is 0 Å². The van der Waals surface area contributed by atoms with E-state index in [1.807, 2.05) is 0 Å². The van der Waals surface area contributed by atoms with E-state index in [4.69, 9.17) is 16.9 Å². The largest absolute Gasteiger partial charge is 0.395 e. The van der Waals surface area contributed by atoms with E-state index in [0.717, 1.165) is 4.31 Å². The monoisotopic (exact) mass is 318 g/mol. The summed E-state index contributed by atoms with van der Waals surface area (Å²) in [6.45, 7) is -0.782. The van der Waals surface area contributed by atoms with E-state index in [2.05, 4.69) is 0 Å². The Balaban J connectivity index is 2.48. The molecule has 8 heteroatoms. The Bertz CT molecular complexity index is 659. The highest BCUT2D eigenvalue weighted by Crippen LogP contribution is 2.30. The van der Waals surface area contributed by atoms with Crippen LogP contribution in [0.3, 0.4) is 0 Å². The van der Waals surface area contributed by atoms with Crippen LogP contribution in [-0.4, -0.2) is 43.2 Å². The number of rotatable bonds is 3. The van der Waals surface area contributed by atoms with Gasteiger partial charge in [0.25, 0.3) is 0 Å². The zero-order valence-electron chi connectivity index (χ0n) is 10.3. The Labute approximate surface area is 121 Å². The van der Waals surface area contributed by atoms with E-state index in [9.17, 15) is 17.9 Å². The quantitative estimate of drug-likeness (QED) is 0.911. The van der Waals surface area contributed by atoms with Crippen molar-refractivity contribution in [2.45, 2.75) is 23.5 Å². The lowest BCUT2D eigenvalue weighted by atomic mass is 10.2. The third kappa shape index (κ3) is 2.65. The number of aliphatic hydroxyl groups excluding tert-OH is 1. The van der Waals surface area contributed by atoms with Crippen LogP contribution in [0.4, 0.5) is 4.39 Å². The molecule has 1 heterocycles. The van der Waals surface area contributed by atoms with Crippen LogP contribution in [0.5, 0.6) is 0 Å². The third-order valence-corrected chi connectivity index (χ3v) is 5.38. The second kappa shape index (κ2) is 5.66. The molecule has 2 rings (SSSR count). The molecule has 0 bridgehead atoms. The Kier molecular flexibility index (Phi) is 4.30. The summed E-state index contributed by atoms with van der Waals surface area (Å²) < 4.78 is 39.3. The van der Waals surface area contributed by atoms with E-state index >= 15 is 0 Å². The molecule has 0 spiro atoms. The van der Waals surface area contributed by atoms with Gasteiger partial charge in [0, 0.05) is 11.6 Å². The second-order valence-corrected chi connectivity index (χ2v) is 6.79. The first-order chi connectivity index (χ1) is 9.40. The smallest absolute Gasteiger partial charge is 0.244 e. The van der Waals surface area contributed by atoms with Gasteiger partial charge in [0.15, 0.2) is 0 Å². The van der Waals surface area contributed by atoms with Crippen molar-refractivity contribution in [2.75, 3.05) is 13.2 Å². The maximum absolute atomic E-state index is 13.4. The number of halogens is 2. The third-order valence-electron chi connectivity index (χ3n) is 3.17. The zero-order valence-corrected chi connectivity index (χ0v) is 11.9. The Morgan fingerprint density at radius 1 is 1.55 bits per heavy atom. The van der Waals surface area contributed by atoms with Gasteiger partial charge in [-0.25, -0.2) is 12.8 Å². The van der Waals surface area contributed by atoms with Crippen LogP contribution in [0.25, 0.3) is 0 Å². The summed E-state index contributed by atoms with van der Waals surface area (Å²) in [6, 6.07) is 4.77. The van der Waals surface area contributed by atoms with Crippen LogP contribution >= 0.6 is 11.6 Å². The predicted molar refractivity (Wildman–Crippen MR) is 70.4 cm³/mol. The molecule has 2 atom stereocenters. The maximum atomic E-state index is 13.4. The molecule has 108 valence electrons. The van der Waals surface area contributed by atoms with Crippen molar-refractivity contribution in [3.8, 4) is 6.07 Å². The topological polar surface area (TPSA) is 81.4 Å². The Morgan fingerprint density at radius 3 is 2.85 bits per heavy atom. The first-order valence-corrected chi connectivity index (χ1v) is 7.68. The summed E-state index contributed by atoms with van der Waals surface area (Å²) >= 11 is 5.72. The average Bonchev–Trinajstić information content (AvgIpc) is 2.80. The molecule has 1 aromatic carbocycles. The number of sulfonamides is 1. The SMILES string of the molecule is N#Cc1cc(Cl)ccc1S(=O)(=O)N1C[C@@H](F)C[C@H]1CO. The number of nitriles is 1. The molecule has 1 aliphatic rings. The number of alkyl halides is 1. The van der Waals surface area contributed by atoms with Crippen LogP contribution in [0.2, 0.25) is 5.02 Å². The molecule has 1 fully saturated rings. The van der Waals surface area contributed by atoms with Crippen molar-refractivity contribution in [1.82, 2.24) is 4.31 Å². The van der Waals surface area contributed by atoms with Crippen molar-refractivity contribution in [1.29, 1.82) is 5.26 Å². The van der Waals surface area contributed by atoms with Crippen molar-refractivity contribution in [3.05, 3.63) is 28.8 Å². The lowest BCUT2D eigenvalue weighted by molar-refractivity contribution is 0.213. The van der Waals surface area contributed by atoms with Gasteiger partial charge in [-0.2, -0.15) is 9.57 Å². The van der Waals surface area contributed by atoms with Crippen LogP contribution in [0.15, 0.2) is 23.1 Å². The molecule has 5 nitrogen and oxygen atoms in total. The molecule has 0 aliphatic carbocycles. The normalized spacial score (nSPS) is 23.7. The lowest BCUT2D eigenvalue weighted by Gasteiger charge is -2.22. The molecule has 0 aromatic heterocycles. The molecular weight excluding hydrogens is 307 g/mol. The summed E-state index contributed by atoms with van der Waals surface area (Å²) in [5.41, 5.74) is -0.100. The summed E-state index contributed by atoms with van der Waals surface area (Å²) in [7, 11) is -4.04. The van der Waals surface area contributed by atoms with Crippen molar-refractivity contribution >= 4 is 21.6 Å². The fraction of sp³-hybridized carbons (Fsp3) is 0.417. The minimum absolute atomic E-state index is 0.0504. The number of aliphatic hydroxyl groups is 1. The molecule has 0 saturated carbocycles. The van der Waals surface area contributed by atoms with Gasteiger partial charge in [-0.1, -0.05) is 11.6 Å². The van der Waals surface area contributed by atoms with Crippen LogP contribution in [0.1, 0.15) is 12.0 Å². The second-order valence-electron chi connectivity index (χ2n) is 4.50. The van der Waals surface area contributed by atoms with E-state index < -0.39 is 28.8 Å². The minimum Gasteiger partial charge on any atom is -0.395 e. The highest BCUT2D eigenvalue weighted by atomic mass is 35.5. The van der Waals surface area contributed by atoms with E-state index in [1.54, 1.807) is 6.07 Å². The number of hydrogen-bond donors (Lipinski definition) is 1. The number of benzene rings is 1. The van der Waals surface area contributed by atoms with Crippen molar-refractivity contribution < 1.29 is 17.9 Å². The van der Waals surface area contributed by atoms with Gasteiger partial charge in [0.05, 0.1) is 18.2 Å². The average molecular weight is 319 g/mol. The zero-order chi connectivity index (χ0) is 14.9. The number of hydrogen-bond acceptors (Lipinski definition) is 4. The van der Waals surface area contributed by atoms with Gasteiger partial charge < -0.3 is 5.11 Å². The van der Waals surface area contributed by atoms with Crippen molar-refractivity contribution in [2.24, 2.45) is 0 Å². The summed E-state index contributed by atoms with van der Waals surface area (Å²) in [5, 5.41) is 18.4. The molecular formula is C12H12ClFN2O3S. The molecule has 0 unspecified atom stereocenters. The molecule has 1 saturated heterocycles. The maximum Gasteiger partial charge on any atom is 0.244 e. The van der Waals surface area contributed by atoms with Gasteiger partial charge in [-0.15, -0.1) is 0 Å². The van der Waals surface area contributed by atoms with Gasteiger partial charge >= 0.3 is 0 Å². The standard InChI is InChI=1S/C12H12ClFN2O3S/c13-9-1-2-12(8(3-9)5-15)20(18,19)16-6-10(14)4-11(16)7-17/h1-3,10-11,17H,4,6-7H2/t10-,11-/m0/s1. The Hall–Kier alpha value is -1.20. The van der Waals surface area contributed by atoms with Crippen LogP contribution in [-0.2, 0) is 10.0 Å². The Morgan fingerprint density at radius 2 is 2.25 bits per heavy atom. The molecule has 0 amide bonds. The highest BCUT2D eigenvalue weighted by molar-refractivity contribution is 7.89. The van der Waals surface area contributed by atoms with Gasteiger partial charge in [-0.05, 0) is 24.6 Å². The van der Waals surface area contributed by atoms with E-state index in [0.29, 0.717) is 0 Å². The molecule has 1 N–H and O–H groups in total. The summed E-state index contributed by atoms with van der Waals surface area (Å²) in [4.78, 5) is -0.225. The van der Waals surface area contributed by atoms with Gasteiger partial charge in [0.2, 0.25) is 10.0 Å². The first kappa shape index (κ1) is 15.2. The van der Waals surface area contributed by atoms with Crippen molar-refractivity contribution in [3.63, 3.8) is 0 Å². The minimum atomic E-state index is -4.04. The fourth-order valence-electron chi connectivity index (χ4n) is 2.23. The predicted octanol–water partition coefficient (Wildman–Crippen LogP) is 1.31. The lowest BCUT2D eigenvalue weighted by Crippen LogP contribution is -2.38. The van der Waals surface area contributed by atoms with E-state index in [-0.39, 0.29) is 28.4 Å². The fourth-order valence-corrected chi connectivity index (χ4v) is 4.18. The molecule has 1 aromatic rings. The van der Waals surface area contributed by atoms with Crippen LogP contribution in [0, 0.1) is 11.3 Å². The first-order valence-electron chi connectivity index (χ1n) is 5.86. The van der Waals surface area contributed by atoms with Gasteiger partial charge in [0.1, 0.15) is 17.1 Å². The summed E-state index contributed by atoms with van der Waals surface area (Å²) in [5.74, 6) is 0. The molecule has 20 heavy (non-hydrogen) atoms. The highest BCUT2D eigenvalue weighted by Gasteiger charge is 2.40.